The minimum absolute atomic E-state index is 0.265. The van der Waals surface area contributed by atoms with E-state index in [0.29, 0.717) is 39.0 Å². The molecule has 0 aliphatic carbocycles. The lowest BCUT2D eigenvalue weighted by atomic mass is 9.99. The van der Waals surface area contributed by atoms with Gasteiger partial charge in [-0.3, -0.25) is 4.79 Å². The van der Waals surface area contributed by atoms with Crippen LogP contribution in [-0.2, 0) is 19.6 Å². The zero-order valence-corrected chi connectivity index (χ0v) is 10.4. The van der Waals surface area contributed by atoms with Crippen molar-refractivity contribution in [3.05, 3.63) is 0 Å². The minimum atomic E-state index is -3.30. The van der Waals surface area contributed by atoms with E-state index in [1.54, 1.807) is 0 Å². The summed E-state index contributed by atoms with van der Waals surface area (Å²) in [7, 11) is -3.30. The van der Waals surface area contributed by atoms with Crippen molar-refractivity contribution >= 4 is 16.0 Å². The van der Waals surface area contributed by atoms with Crippen molar-refractivity contribution in [2.24, 2.45) is 5.92 Å². The molecular weight excluding hydrogens is 246 g/mol. The first kappa shape index (κ1) is 12.8. The Morgan fingerprint density at radius 2 is 1.88 bits per heavy atom. The fourth-order valence-electron chi connectivity index (χ4n) is 2.32. The number of aliphatic carboxylic acids is 1. The van der Waals surface area contributed by atoms with Gasteiger partial charge >= 0.3 is 5.97 Å². The standard InChI is InChI=1S/C10H17NO5S/c12-10(13)8-1-4-11(5-2-8)17(14,15)9-3-6-16-7-9/h8-9H,1-7H2,(H,12,13). The molecule has 0 radical (unpaired) electrons. The molecule has 98 valence electrons. The Labute approximate surface area is 101 Å². The molecule has 0 saturated carbocycles. The van der Waals surface area contributed by atoms with E-state index in [0.717, 1.165) is 0 Å². The molecule has 0 amide bonds. The molecule has 2 rings (SSSR count). The number of piperidine rings is 1. The predicted molar refractivity (Wildman–Crippen MR) is 60.1 cm³/mol. The second-order valence-electron chi connectivity index (χ2n) is 4.54. The van der Waals surface area contributed by atoms with Gasteiger partial charge in [-0.15, -0.1) is 0 Å². The van der Waals surface area contributed by atoms with E-state index >= 15 is 0 Å². The topological polar surface area (TPSA) is 83.9 Å². The third-order valence-electron chi connectivity index (χ3n) is 3.47. The van der Waals surface area contributed by atoms with E-state index in [-0.39, 0.29) is 6.61 Å². The van der Waals surface area contributed by atoms with E-state index < -0.39 is 27.2 Å². The predicted octanol–water partition coefficient (Wildman–Crippen LogP) is -0.0983. The van der Waals surface area contributed by atoms with Crippen LogP contribution in [0.15, 0.2) is 0 Å². The van der Waals surface area contributed by atoms with E-state index in [1.807, 2.05) is 0 Å². The van der Waals surface area contributed by atoms with Crippen molar-refractivity contribution in [3.63, 3.8) is 0 Å². The summed E-state index contributed by atoms with van der Waals surface area (Å²) >= 11 is 0. The molecule has 2 aliphatic rings. The molecule has 0 bridgehead atoms. The maximum absolute atomic E-state index is 12.2. The summed E-state index contributed by atoms with van der Waals surface area (Å²) in [5, 5.41) is 8.41. The van der Waals surface area contributed by atoms with Gasteiger partial charge in [-0.05, 0) is 19.3 Å². The number of hydrogen-bond acceptors (Lipinski definition) is 4. The van der Waals surface area contributed by atoms with Gasteiger partial charge in [0.25, 0.3) is 0 Å². The molecule has 2 saturated heterocycles. The van der Waals surface area contributed by atoms with Crippen LogP contribution >= 0.6 is 0 Å². The van der Waals surface area contributed by atoms with Gasteiger partial charge < -0.3 is 9.84 Å². The molecule has 17 heavy (non-hydrogen) atoms. The second kappa shape index (κ2) is 4.91. The van der Waals surface area contributed by atoms with Gasteiger partial charge in [0.05, 0.1) is 12.5 Å². The van der Waals surface area contributed by atoms with Crippen molar-refractivity contribution in [2.75, 3.05) is 26.3 Å². The molecule has 2 aliphatic heterocycles. The second-order valence-corrected chi connectivity index (χ2v) is 6.76. The van der Waals surface area contributed by atoms with Crippen LogP contribution in [0.3, 0.4) is 0 Å². The van der Waals surface area contributed by atoms with Crippen LogP contribution in [0.25, 0.3) is 0 Å². The average Bonchev–Trinajstić information content (AvgIpc) is 2.83. The van der Waals surface area contributed by atoms with Crippen molar-refractivity contribution < 1.29 is 23.1 Å². The van der Waals surface area contributed by atoms with Gasteiger partial charge in [0.1, 0.15) is 5.25 Å². The fraction of sp³-hybridized carbons (Fsp3) is 0.900. The summed E-state index contributed by atoms with van der Waals surface area (Å²) < 4.78 is 30.8. The van der Waals surface area contributed by atoms with Crippen LogP contribution in [0.5, 0.6) is 0 Å². The van der Waals surface area contributed by atoms with Crippen LogP contribution in [0.4, 0.5) is 0 Å². The lowest BCUT2D eigenvalue weighted by Gasteiger charge is -2.30. The van der Waals surface area contributed by atoms with Crippen molar-refractivity contribution in [1.82, 2.24) is 4.31 Å². The van der Waals surface area contributed by atoms with Crippen LogP contribution in [0, 0.1) is 5.92 Å². The van der Waals surface area contributed by atoms with Crippen molar-refractivity contribution in [2.45, 2.75) is 24.5 Å². The Morgan fingerprint density at radius 3 is 2.35 bits per heavy atom. The zero-order valence-electron chi connectivity index (χ0n) is 9.54. The molecule has 2 heterocycles. The highest BCUT2D eigenvalue weighted by Gasteiger charge is 2.37. The first-order valence-electron chi connectivity index (χ1n) is 5.81. The first-order valence-corrected chi connectivity index (χ1v) is 7.31. The van der Waals surface area contributed by atoms with E-state index in [2.05, 4.69) is 0 Å². The number of carboxylic acid groups (broad SMARTS) is 1. The molecule has 2 fully saturated rings. The molecule has 0 aromatic heterocycles. The van der Waals surface area contributed by atoms with Crippen LogP contribution in [-0.4, -0.2) is 55.4 Å². The average molecular weight is 263 g/mol. The largest absolute Gasteiger partial charge is 0.481 e. The van der Waals surface area contributed by atoms with Gasteiger partial charge in [-0.25, -0.2) is 12.7 Å². The summed E-state index contributed by atoms with van der Waals surface area (Å²) in [4.78, 5) is 10.8. The maximum Gasteiger partial charge on any atom is 0.306 e. The third-order valence-corrected chi connectivity index (χ3v) is 5.77. The molecule has 0 aromatic rings. The molecule has 0 spiro atoms. The zero-order chi connectivity index (χ0) is 12.5. The van der Waals surface area contributed by atoms with Crippen LogP contribution < -0.4 is 0 Å². The maximum atomic E-state index is 12.2. The van der Waals surface area contributed by atoms with Crippen LogP contribution in [0.1, 0.15) is 19.3 Å². The summed E-state index contributed by atoms with van der Waals surface area (Å²) in [6.45, 7) is 1.39. The fourth-order valence-corrected chi connectivity index (χ4v) is 4.12. The molecule has 1 N–H and O–H groups in total. The normalized spacial score (nSPS) is 28.4. The Morgan fingerprint density at radius 1 is 1.24 bits per heavy atom. The lowest BCUT2D eigenvalue weighted by Crippen LogP contribution is -2.44. The highest BCUT2D eigenvalue weighted by Crippen LogP contribution is 2.24. The van der Waals surface area contributed by atoms with E-state index in [1.165, 1.54) is 4.31 Å². The summed E-state index contributed by atoms with van der Waals surface area (Å²) in [6, 6.07) is 0. The summed E-state index contributed by atoms with van der Waals surface area (Å²) in [5.74, 6) is -1.23. The monoisotopic (exact) mass is 263 g/mol. The van der Waals surface area contributed by atoms with E-state index in [4.69, 9.17) is 9.84 Å². The third kappa shape index (κ3) is 2.61. The molecular formula is C10H17NO5S. The number of rotatable bonds is 3. The van der Waals surface area contributed by atoms with E-state index in [9.17, 15) is 13.2 Å². The molecule has 1 atom stereocenters. The van der Waals surface area contributed by atoms with Gasteiger partial charge in [-0.2, -0.15) is 0 Å². The smallest absolute Gasteiger partial charge is 0.306 e. The Hall–Kier alpha value is -0.660. The summed E-state index contributed by atoms with van der Waals surface area (Å²) in [5.41, 5.74) is 0. The molecule has 6 nitrogen and oxygen atoms in total. The molecule has 7 heteroatoms. The van der Waals surface area contributed by atoms with Gasteiger partial charge in [0.15, 0.2) is 0 Å². The quantitative estimate of drug-likeness (QED) is 0.768. The van der Waals surface area contributed by atoms with Crippen molar-refractivity contribution in [1.29, 1.82) is 0 Å². The van der Waals surface area contributed by atoms with Gasteiger partial charge in [-0.1, -0.05) is 0 Å². The number of nitrogens with zero attached hydrogens (tertiary/aromatic N) is 1. The Kier molecular flexibility index (Phi) is 3.70. The van der Waals surface area contributed by atoms with Crippen molar-refractivity contribution in [3.8, 4) is 0 Å². The number of carbonyl (C=O) groups is 1. The first-order chi connectivity index (χ1) is 8.01. The number of hydrogen-bond donors (Lipinski definition) is 1. The Balaban J connectivity index is 1.98. The SMILES string of the molecule is O=C(O)C1CCN(S(=O)(=O)C2CCOC2)CC1. The number of sulfonamides is 1. The molecule has 1 unspecified atom stereocenters. The highest BCUT2D eigenvalue weighted by molar-refractivity contribution is 7.89. The van der Waals surface area contributed by atoms with Gasteiger partial charge in [0, 0.05) is 19.7 Å². The summed E-state index contributed by atoms with van der Waals surface area (Å²) in [6.07, 6.45) is 1.35. The highest BCUT2D eigenvalue weighted by atomic mass is 32.2. The molecule has 0 aromatic carbocycles. The Bertz CT molecular complexity index is 380. The minimum Gasteiger partial charge on any atom is -0.481 e. The van der Waals surface area contributed by atoms with Gasteiger partial charge in [0.2, 0.25) is 10.0 Å². The van der Waals surface area contributed by atoms with Crippen LogP contribution in [0.2, 0.25) is 0 Å². The number of ether oxygens (including phenoxy) is 1. The lowest BCUT2D eigenvalue weighted by molar-refractivity contribution is -0.142. The number of carboxylic acids is 1.